The van der Waals surface area contributed by atoms with E-state index < -0.39 is 28.9 Å². The van der Waals surface area contributed by atoms with Gasteiger partial charge >= 0.3 is 6.18 Å². The number of carbonyl (C=O) groups is 2. The van der Waals surface area contributed by atoms with E-state index in [1.165, 1.54) is 12.1 Å². The summed E-state index contributed by atoms with van der Waals surface area (Å²) in [5, 5.41) is 18.8. The average molecular weight is 604 g/mol. The Hall–Kier alpha value is -2.92. The summed E-state index contributed by atoms with van der Waals surface area (Å²) in [6.07, 6.45) is 2.90. The number of piperazine rings is 1. The first-order chi connectivity index (χ1) is 20.4. The van der Waals surface area contributed by atoms with Gasteiger partial charge in [0.25, 0.3) is 0 Å². The van der Waals surface area contributed by atoms with Crippen molar-refractivity contribution in [2.24, 2.45) is 0 Å². The zero-order chi connectivity index (χ0) is 31.0. The zero-order valence-electron chi connectivity index (χ0n) is 25.5. The molecule has 3 heterocycles. The van der Waals surface area contributed by atoms with Crippen molar-refractivity contribution in [1.29, 1.82) is 0 Å². The number of carbonyl (C=O) groups excluding carboxylic acids is 2. The number of hydrogen-bond acceptors (Lipinski definition) is 5. The van der Waals surface area contributed by atoms with Gasteiger partial charge < -0.3 is 15.3 Å². The normalized spacial score (nSPS) is 22.7. The van der Waals surface area contributed by atoms with Crippen molar-refractivity contribution < 1.29 is 27.9 Å². The molecule has 2 N–H and O–H groups in total. The van der Waals surface area contributed by atoms with Gasteiger partial charge in [-0.2, -0.15) is 18.3 Å². The van der Waals surface area contributed by atoms with Crippen LogP contribution in [0.2, 0.25) is 0 Å². The van der Waals surface area contributed by atoms with Crippen molar-refractivity contribution in [3.05, 3.63) is 46.8 Å². The Morgan fingerprint density at radius 3 is 2.28 bits per heavy atom. The SMILES string of the molecule is CCCCN1C(=O)[C@@H](CC2(O)CCCCC2)NC(=O)C12CCN(Cc1c(C)nn(-c3ccc(C(F)(F)F)cc3)c1C)CC2. The summed E-state index contributed by atoms with van der Waals surface area (Å²) in [7, 11) is 0. The molecular weight excluding hydrogens is 559 g/mol. The molecule has 2 aliphatic heterocycles. The summed E-state index contributed by atoms with van der Waals surface area (Å²) < 4.78 is 40.8. The summed E-state index contributed by atoms with van der Waals surface area (Å²) in [5.74, 6) is -0.195. The molecule has 3 fully saturated rings. The first kappa shape index (κ1) is 31.5. The number of halogens is 3. The van der Waals surface area contributed by atoms with Crippen LogP contribution in [0.4, 0.5) is 13.2 Å². The summed E-state index contributed by atoms with van der Waals surface area (Å²) in [4.78, 5) is 31.7. The summed E-state index contributed by atoms with van der Waals surface area (Å²) in [6, 6.07) is 4.30. The van der Waals surface area contributed by atoms with Crippen molar-refractivity contribution in [1.82, 2.24) is 24.9 Å². The lowest BCUT2D eigenvalue weighted by atomic mass is 9.77. The molecule has 1 aromatic carbocycles. The van der Waals surface area contributed by atoms with Gasteiger partial charge in [-0.15, -0.1) is 0 Å². The lowest BCUT2D eigenvalue weighted by Gasteiger charge is -2.52. The molecule has 1 aliphatic carbocycles. The molecular formula is C32H44F3N5O3. The summed E-state index contributed by atoms with van der Waals surface area (Å²) in [6.45, 7) is 8.23. The monoisotopic (exact) mass is 603 g/mol. The predicted octanol–water partition coefficient (Wildman–Crippen LogP) is 5.05. The van der Waals surface area contributed by atoms with E-state index in [1.807, 2.05) is 18.7 Å². The van der Waals surface area contributed by atoms with Crippen molar-refractivity contribution in [2.45, 2.75) is 115 Å². The minimum atomic E-state index is -4.40. The smallest absolute Gasteiger partial charge is 0.390 e. The molecule has 1 atom stereocenters. The number of nitrogens with zero attached hydrogens (tertiary/aromatic N) is 4. The van der Waals surface area contributed by atoms with Gasteiger partial charge in [0.15, 0.2) is 0 Å². The topological polar surface area (TPSA) is 90.7 Å². The van der Waals surface area contributed by atoms with E-state index >= 15 is 0 Å². The Morgan fingerprint density at radius 2 is 1.67 bits per heavy atom. The summed E-state index contributed by atoms with van der Waals surface area (Å²) >= 11 is 0. The van der Waals surface area contributed by atoms with Gasteiger partial charge in [-0.3, -0.25) is 14.5 Å². The molecule has 11 heteroatoms. The molecule has 236 valence electrons. The van der Waals surface area contributed by atoms with E-state index in [0.717, 1.165) is 61.2 Å². The Bertz CT molecular complexity index is 1310. The van der Waals surface area contributed by atoms with Gasteiger partial charge in [0, 0.05) is 43.9 Å². The van der Waals surface area contributed by atoms with E-state index in [0.29, 0.717) is 57.5 Å². The van der Waals surface area contributed by atoms with Gasteiger partial charge in [0.1, 0.15) is 11.6 Å². The average Bonchev–Trinajstić information content (AvgIpc) is 3.25. The summed E-state index contributed by atoms with van der Waals surface area (Å²) in [5.41, 5.74) is 0.722. The highest BCUT2D eigenvalue weighted by molar-refractivity contribution is 6.00. The number of rotatable bonds is 8. The third-order valence-electron chi connectivity index (χ3n) is 9.86. The fourth-order valence-corrected chi connectivity index (χ4v) is 7.20. The highest BCUT2D eigenvalue weighted by atomic mass is 19.4. The highest BCUT2D eigenvalue weighted by Crippen LogP contribution is 2.38. The van der Waals surface area contributed by atoms with Gasteiger partial charge in [-0.25, -0.2) is 4.68 Å². The molecule has 43 heavy (non-hydrogen) atoms. The van der Waals surface area contributed by atoms with Crippen LogP contribution < -0.4 is 5.32 Å². The molecule has 0 bridgehead atoms. The number of likely N-dealkylation sites (tertiary alicyclic amines) is 1. The number of aliphatic hydroxyl groups is 1. The zero-order valence-corrected chi connectivity index (χ0v) is 25.5. The second-order valence-corrected chi connectivity index (χ2v) is 12.8. The van der Waals surface area contributed by atoms with Gasteiger partial charge in [-0.05, 0) is 70.2 Å². The fraction of sp³-hybridized carbons (Fsp3) is 0.656. The lowest BCUT2D eigenvalue weighted by Crippen LogP contribution is -2.73. The fourth-order valence-electron chi connectivity index (χ4n) is 7.20. The molecule has 1 aromatic heterocycles. The second-order valence-electron chi connectivity index (χ2n) is 12.8. The number of amides is 2. The lowest BCUT2D eigenvalue weighted by molar-refractivity contribution is -0.163. The number of hydrogen-bond donors (Lipinski definition) is 2. The van der Waals surface area contributed by atoms with E-state index in [2.05, 4.69) is 22.2 Å². The minimum Gasteiger partial charge on any atom is -0.390 e. The van der Waals surface area contributed by atoms with E-state index in [4.69, 9.17) is 0 Å². The number of piperidine rings is 1. The number of benzene rings is 1. The maximum absolute atomic E-state index is 13.9. The predicted molar refractivity (Wildman–Crippen MR) is 156 cm³/mol. The number of unbranched alkanes of at least 4 members (excludes halogenated alkanes) is 1. The minimum absolute atomic E-state index is 0.0787. The maximum Gasteiger partial charge on any atom is 0.416 e. The molecule has 3 aliphatic rings. The molecule has 2 aromatic rings. The Morgan fingerprint density at radius 1 is 1.02 bits per heavy atom. The van der Waals surface area contributed by atoms with Crippen molar-refractivity contribution in [2.75, 3.05) is 19.6 Å². The Balaban J connectivity index is 1.29. The van der Waals surface area contributed by atoms with Crippen LogP contribution in [0, 0.1) is 13.8 Å². The van der Waals surface area contributed by atoms with Crippen LogP contribution in [0.1, 0.15) is 93.6 Å². The molecule has 1 saturated carbocycles. The van der Waals surface area contributed by atoms with Crippen LogP contribution >= 0.6 is 0 Å². The Labute approximate surface area is 251 Å². The van der Waals surface area contributed by atoms with E-state index in [-0.39, 0.29) is 18.2 Å². The van der Waals surface area contributed by atoms with Gasteiger partial charge in [0.2, 0.25) is 11.8 Å². The van der Waals surface area contributed by atoms with Gasteiger partial charge in [0.05, 0.1) is 22.5 Å². The van der Waals surface area contributed by atoms with Crippen LogP contribution in [0.3, 0.4) is 0 Å². The number of alkyl halides is 3. The largest absolute Gasteiger partial charge is 0.416 e. The van der Waals surface area contributed by atoms with E-state index in [1.54, 1.807) is 4.68 Å². The molecule has 8 nitrogen and oxygen atoms in total. The molecule has 0 unspecified atom stereocenters. The standard InChI is InChI=1S/C32H44F3N5O3/c1-4-5-17-39-28(41)27(20-30(43)13-7-6-8-14-30)36-29(42)31(39)15-18-38(19-16-31)21-26-22(2)37-40(23(26)3)25-11-9-24(10-12-25)32(33,34)35/h9-12,27,43H,4-8,13-21H2,1-3H3,(H,36,42)/t27-/m1/s1. The molecule has 0 radical (unpaired) electrons. The van der Waals surface area contributed by atoms with E-state index in [9.17, 15) is 27.9 Å². The second kappa shape index (κ2) is 12.2. The van der Waals surface area contributed by atoms with Crippen molar-refractivity contribution >= 4 is 11.8 Å². The third-order valence-corrected chi connectivity index (χ3v) is 9.86. The van der Waals surface area contributed by atoms with Crippen LogP contribution in [0.5, 0.6) is 0 Å². The van der Waals surface area contributed by atoms with Crippen molar-refractivity contribution in [3.8, 4) is 5.69 Å². The first-order valence-corrected chi connectivity index (χ1v) is 15.7. The van der Waals surface area contributed by atoms with Crippen LogP contribution in [-0.2, 0) is 22.3 Å². The molecule has 1 spiro atoms. The molecule has 5 rings (SSSR count). The van der Waals surface area contributed by atoms with Crippen LogP contribution in [0.15, 0.2) is 24.3 Å². The van der Waals surface area contributed by atoms with Crippen molar-refractivity contribution in [3.63, 3.8) is 0 Å². The Kier molecular flexibility index (Phi) is 8.96. The van der Waals surface area contributed by atoms with Gasteiger partial charge in [-0.1, -0.05) is 32.6 Å². The number of aromatic nitrogens is 2. The first-order valence-electron chi connectivity index (χ1n) is 15.7. The number of nitrogens with one attached hydrogen (secondary N) is 1. The molecule has 2 saturated heterocycles. The third kappa shape index (κ3) is 6.34. The van der Waals surface area contributed by atoms with Crippen LogP contribution in [-0.4, -0.2) is 73.3 Å². The highest BCUT2D eigenvalue weighted by Gasteiger charge is 2.54. The maximum atomic E-state index is 13.9. The van der Waals surface area contributed by atoms with Crippen LogP contribution in [0.25, 0.3) is 5.69 Å². The molecule has 2 amide bonds. The quantitative estimate of drug-likeness (QED) is 0.441. The number of aryl methyl sites for hydroxylation is 1.